The lowest BCUT2D eigenvalue weighted by Gasteiger charge is -2.15. The minimum atomic E-state index is -0.390. The van der Waals surface area contributed by atoms with E-state index >= 15 is 0 Å². The van der Waals surface area contributed by atoms with Crippen LogP contribution >= 0.6 is 11.6 Å². The Balaban J connectivity index is 2.75. The molecule has 0 spiro atoms. The Kier molecular flexibility index (Phi) is 4.38. The number of hydrogen-bond donors (Lipinski definition) is 1. The third-order valence-electron chi connectivity index (χ3n) is 2.12. The van der Waals surface area contributed by atoms with Crippen LogP contribution in [0.5, 0.6) is 0 Å². The Morgan fingerprint density at radius 1 is 1.60 bits per heavy atom. The van der Waals surface area contributed by atoms with Crippen LogP contribution < -0.4 is 5.32 Å². The summed E-state index contributed by atoms with van der Waals surface area (Å²) in [7, 11) is 0. The highest BCUT2D eigenvalue weighted by Gasteiger charge is 2.08. The lowest BCUT2D eigenvalue weighted by molar-refractivity contribution is 0.621. The molecule has 0 bridgehead atoms. The average Bonchev–Trinajstić information content (AvgIpc) is 2.21. The second kappa shape index (κ2) is 5.57. The maximum atomic E-state index is 13.4. The van der Waals surface area contributed by atoms with Crippen molar-refractivity contribution in [2.24, 2.45) is 0 Å². The highest BCUT2D eigenvalue weighted by Crippen LogP contribution is 2.20. The molecule has 0 saturated heterocycles. The van der Waals surface area contributed by atoms with Crippen molar-refractivity contribution < 1.29 is 4.39 Å². The third-order valence-corrected chi connectivity index (χ3v) is 2.36. The molecule has 4 heteroatoms. The molecule has 0 fully saturated rings. The lowest BCUT2D eigenvalue weighted by atomic mass is 10.1. The van der Waals surface area contributed by atoms with Crippen molar-refractivity contribution in [3.05, 3.63) is 29.0 Å². The number of anilines is 1. The largest absolute Gasteiger partial charge is 0.379 e. The minimum Gasteiger partial charge on any atom is -0.379 e. The maximum absolute atomic E-state index is 13.4. The molecule has 1 aromatic carbocycles. The number of rotatable bonds is 4. The van der Waals surface area contributed by atoms with Crippen molar-refractivity contribution >= 4 is 17.3 Å². The summed E-state index contributed by atoms with van der Waals surface area (Å²) in [6.45, 7) is 1.95. The van der Waals surface area contributed by atoms with Crippen molar-refractivity contribution in [3.63, 3.8) is 0 Å². The van der Waals surface area contributed by atoms with E-state index in [-0.39, 0.29) is 11.9 Å². The number of benzene rings is 1. The lowest BCUT2D eigenvalue weighted by Crippen LogP contribution is -2.18. The van der Waals surface area contributed by atoms with Crippen molar-refractivity contribution in [1.29, 1.82) is 5.26 Å². The standard InChI is InChI=1S/C11H12ClFN2/c1-2-9(5-6-14)15-11-4-3-8(12)7-10(11)13/h3-4,7,9,15H,2,5H2,1H3. The average molecular weight is 227 g/mol. The maximum Gasteiger partial charge on any atom is 0.147 e. The fourth-order valence-electron chi connectivity index (χ4n) is 1.23. The van der Waals surface area contributed by atoms with Gasteiger partial charge < -0.3 is 5.32 Å². The molecule has 0 aliphatic carbocycles. The molecule has 0 amide bonds. The summed E-state index contributed by atoms with van der Waals surface area (Å²) in [5.74, 6) is -0.390. The van der Waals surface area contributed by atoms with Crippen molar-refractivity contribution in [1.82, 2.24) is 0 Å². The summed E-state index contributed by atoms with van der Waals surface area (Å²) in [4.78, 5) is 0. The van der Waals surface area contributed by atoms with Gasteiger partial charge in [0.25, 0.3) is 0 Å². The molecule has 1 N–H and O–H groups in total. The van der Waals surface area contributed by atoms with Crippen LogP contribution in [0.3, 0.4) is 0 Å². The van der Waals surface area contributed by atoms with Gasteiger partial charge in [0.1, 0.15) is 5.82 Å². The molecule has 1 rings (SSSR count). The number of hydrogen-bond acceptors (Lipinski definition) is 2. The molecule has 2 nitrogen and oxygen atoms in total. The third kappa shape index (κ3) is 3.41. The first-order valence-corrected chi connectivity index (χ1v) is 5.13. The highest BCUT2D eigenvalue weighted by atomic mass is 35.5. The van der Waals surface area contributed by atoms with E-state index in [4.69, 9.17) is 16.9 Å². The van der Waals surface area contributed by atoms with E-state index in [9.17, 15) is 4.39 Å². The molecule has 1 aromatic rings. The van der Waals surface area contributed by atoms with E-state index in [1.807, 2.05) is 6.92 Å². The van der Waals surface area contributed by atoms with Crippen LogP contribution in [0.15, 0.2) is 18.2 Å². The summed E-state index contributed by atoms with van der Waals surface area (Å²) >= 11 is 5.63. The first-order chi connectivity index (χ1) is 7.17. The first-order valence-electron chi connectivity index (χ1n) is 4.76. The van der Waals surface area contributed by atoms with Gasteiger partial charge in [-0.1, -0.05) is 18.5 Å². The van der Waals surface area contributed by atoms with Crippen LogP contribution in [0.4, 0.5) is 10.1 Å². The predicted octanol–water partition coefficient (Wildman–Crippen LogP) is 3.58. The van der Waals surface area contributed by atoms with Gasteiger partial charge in [-0.05, 0) is 24.6 Å². The second-order valence-corrected chi connectivity index (χ2v) is 3.67. The SMILES string of the molecule is CCC(CC#N)Nc1ccc(Cl)cc1F. The summed E-state index contributed by atoms with van der Waals surface area (Å²) in [5, 5.41) is 11.9. The van der Waals surface area contributed by atoms with Crippen molar-refractivity contribution in [2.45, 2.75) is 25.8 Å². The number of nitrogens with one attached hydrogen (secondary N) is 1. The van der Waals surface area contributed by atoms with Crippen LogP contribution in [0.1, 0.15) is 19.8 Å². The number of nitriles is 1. The van der Waals surface area contributed by atoms with E-state index in [2.05, 4.69) is 11.4 Å². The van der Waals surface area contributed by atoms with Crippen LogP contribution in [-0.2, 0) is 0 Å². The Hall–Kier alpha value is -1.27. The van der Waals surface area contributed by atoms with Gasteiger partial charge in [0.05, 0.1) is 18.2 Å². The summed E-state index contributed by atoms with van der Waals surface area (Å²) < 4.78 is 13.4. The molecule has 0 heterocycles. The van der Waals surface area contributed by atoms with Gasteiger partial charge in [0.15, 0.2) is 0 Å². The van der Waals surface area contributed by atoms with Crippen molar-refractivity contribution in [2.75, 3.05) is 5.32 Å². The van der Waals surface area contributed by atoms with Crippen LogP contribution in [0, 0.1) is 17.1 Å². The highest BCUT2D eigenvalue weighted by molar-refractivity contribution is 6.30. The van der Waals surface area contributed by atoms with Gasteiger partial charge in [-0.25, -0.2) is 4.39 Å². The van der Waals surface area contributed by atoms with E-state index in [0.29, 0.717) is 17.1 Å². The van der Waals surface area contributed by atoms with E-state index < -0.39 is 0 Å². The monoisotopic (exact) mass is 226 g/mol. The Morgan fingerprint density at radius 3 is 2.87 bits per heavy atom. The van der Waals surface area contributed by atoms with Crippen LogP contribution in [0.25, 0.3) is 0 Å². The zero-order chi connectivity index (χ0) is 11.3. The molecular formula is C11H12ClFN2. The smallest absolute Gasteiger partial charge is 0.147 e. The molecular weight excluding hydrogens is 215 g/mol. The zero-order valence-electron chi connectivity index (χ0n) is 8.43. The van der Waals surface area contributed by atoms with E-state index in [0.717, 1.165) is 6.42 Å². The fraction of sp³-hybridized carbons (Fsp3) is 0.364. The molecule has 15 heavy (non-hydrogen) atoms. The summed E-state index contributed by atoms with van der Waals surface area (Å²) in [6.07, 6.45) is 1.13. The van der Waals surface area contributed by atoms with Gasteiger partial charge in [-0.3, -0.25) is 0 Å². The molecule has 80 valence electrons. The fourth-order valence-corrected chi connectivity index (χ4v) is 1.39. The molecule has 0 radical (unpaired) electrons. The molecule has 0 saturated carbocycles. The zero-order valence-corrected chi connectivity index (χ0v) is 9.18. The first kappa shape index (κ1) is 11.8. The molecule has 1 atom stereocenters. The summed E-state index contributed by atoms with van der Waals surface area (Å²) in [5.41, 5.74) is 0.390. The Labute approximate surface area is 93.7 Å². The number of halogens is 2. The van der Waals surface area contributed by atoms with Crippen molar-refractivity contribution in [3.8, 4) is 6.07 Å². The van der Waals surface area contributed by atoms with Crippen LogP contribution in [-0.4, -0.2) is 6.04 Å². The quantitative estimate of drug-likeness (QED) is 0.852. The number of nitrogens with zero attached hydrogens (tertiary/aromatic N) is 1. The van der Waals surface area contributed by atoms with Gasteiger partial charge in [-0.2, -0.15) is 5.26 Å². The van der Waals surface area contributed by atoms with Gasteiger partial charge >= 0.3 is 0 Å². The predicted molar refractivity (Wildman–Crippen MR) is 59.3 cm³/mol. The topological polar surface area (TPSA) is 35.8 Å². The van der Waals surface area contributed by atoms with E-state index in [1.54, 1.807) is 12.1 Å². The van der Waals surface area contributed by atoms with Crippen LogP contribution in [0.2, 0.25) is 5.02 Å². The molecule has 0 aromatic heterocycles. The molecule has 0 aliphatic heterocycles. The minimum absolute atomic E-state index is 0.0225. The Bertz CT molecular complexity index is 373. The molecule has 0 aliphatic rings. The normalized spacial score (nSPS) is 11.9. The summed E-state index contributed by atoms with van der Waals surface area (Å²) in [6, 6.07) is 6.49. The van der Waals surface area contributed by atoms with Gasteiger partial charge in [-0.15, -0.1) is 0 Å². The van der Waals surface area contributed by atoms with E-state index in [1.165, 1.54) is 6.07 Å². The van der Waals surface area contributed by atoms with Gasteiger partial charge in [0.2, 0.25) is 0 Å². The second-order valence-electron chi connectivity index (χ2n) is 3.24. The molecule has 1 unspecified atom stereocenters. The Morgan fingerprint density at radius 2 is 2.33 bits per heavy atom. The van der Waals surface area contributed by atoms with Gasteiger partial charge in [0, 0.05) is 11.1 Å².